The highest BCUT2D eigenvalue weighted by atomic mass is 35.5. The fraction of sp³-hybridized carbons (Fsp3) is 0.733. The van der Waals surface area contributed by atoms with E-state index < -0.39 is 0 Å². The van der Waals surface area contributed by atoms with Crippen molar-refractivity contribution in [3.63, 3.8) is 0 Å². The third-order valence-corrected chi connectivity index (χ3v) is 4.49. The predicted octanol–water partition coefficient (Wildman–Crippen LogP) is 2.62. The van der Waals surface area contributed by atoms with E-state index in [-0.39, 0.29) is 5.78 Å². The minimum atomic E-state index is 0.274. The van der Waals surface area contributed by atoms with Gasteiger partial charge in [-0.15, -0.1) is 0 Å². The third-order valence-electron chi connectivity index (χ3n) is 4.05. The maximum Gasteiger partial charge on any atom is 0.138 e. The van der Waals surface area contributed by atoms with Crippen LogP contribution in [0.25, 0.3) is 0 Å². The molecule has 2 rings (SSSR count). The van der Waals surface area contributed by atoms with Crippen LogP contribution in [0.5, 0.6) is 0 Å². The van der Waals surface area contributed by atoms with Gasteiger partial charge >= 0.3 is 0 Å². The molecular weight excluding hydrogens is 274 g/mol. The van der Waals surface area contributed by atoms with Gasteiger partial charge in [-0.1, -0.05) is 18.5 Å². The number of nitrogens with one attached hydrogen (secondary N) is 1. The number of carbonyl (C=O) groups excluding carboxylic acids is 1. The lowest BCUT2D eigenvalue weighted by atomic mass is 9.99. The Balaban J connectivity index is 1.94. The minimum Gasteiger partial charge on any atom is -0.316 e. The average Bonchev–Trinajstić information content (AvgIpc) is 3.06. The summed E-state index contributed by atoms with van der Waals surface area (Å²) in [5.41, 5.74) is 1.79. The van der Waals surface area contributed by atoms with Gasteiger partial charge in [-0.05, 0) is 45.2 Å². The first kappa shape index (κ1) is 15.5. The standard InChI is InChI=1S/C15H24ClN3O/c1-3-13-15(16)14(19(4-2)18-13)9-12(20)6-5-11-7-8-17-10-11/h11,17H,3-10H2,1-2H3. The molecule has 4 nitrogen and oxygen atoms in total. The number of hydrogen-bond donors (Lipinski definition) is 1. The summed E-state index contributed by atoms with van der Waals surface area (Å²) in [5, 5.41) is 8.48. The molecule has 2 heterocycles. The van der Waals surface area contributed by atoms with Crippen LogP contribution in [0.3, 0.4) is 0 Å². The highest BCUT2D eigenvalue weighted by Crippen LogP contribution is 2.23. The maximum atomic E-state index is 12.2. The molecule has 0 amide bonds. The van der Waals surface area contributed by atoms with E-state index in [1.807, 2.05) is 18.5 Å². The molecule has 1 aromatic rings. The molecule has 0 spiro atoms. The normalized spacial score (nSPS) is 18.6. The number of nitrogens with zero attached hydrogens (tertiary/aromatic N) is 2. The quantitative estimate of drug-likeness (QED) is 0.841. The molecular formula is C15H24ClN3O. The molecule has 5 heteroatoms. The second-order valence-corrected chi connectivity index (χ2v) is 5.87. The number of aryl methyl sites for hydroxylation is 2. The molecule has 0 radical (unpaired) electrons. The molecule has 0 saturated carbocycles. The Morgan fingerprint density at radius 3 is 2.90 bits per heavy atom. The maximum absolute atomic E-state index is 12.2. The largest absolute Gasteiger partial charge is 0.316 e. The van der Waals surface area contributed by atoms with Crippen molar-refractivity contribution in [1.82, 2.24) is 15.1 Å². The third kappa shape index (κ3) is 3.61. The number of carbonyl (C=O) groups is 1. The second-order valence-electron chi connectivity index (χ2n) is 5.49. The van der Waals surface area contributed by atoms with Crippen molar-refractivity contribution in [3.8, 4) is 0 Å². The Morgan fingerprint density at radius 2 is 2.30 bits per heavy atom. The predicted molar refractivity (Wildman–Crippen MR) is 81.2 cm³/mol. The monoisotopic (exact) mass is 297 g/mol. The Hall–Kier alpha value is -0.870. The number of rotatable bonds is 7. The summed E-state index contributed by atoms with van der Waals surface area (Å²) in [5.74, 6) is 0.938. The van der Waals surface area contributed by atoms with Gasteiger partial charge in [-0.25, -0.2) is 0 Å². The average molecular weight is 298 g/mol. The summed E-state index contributed by atoms with van der Waals surface area (Å²) >= 11 is 6.33. The van der Waals surface area contributed by atoms with Crippen molar-refractivity contribution in [1.29, 1.82) is 0 Å². The van der Waals surface area contributed by atoms with Crippen molar-refractivity contribution in [2.45, 2.75) is 52.5 Å². The van der Waals surface area contributed by atoms with Crippen molar-refractivity contribution >= 4 is 17.4 Å². The summed E-state index contributed by atoms with van der Waals surface area (Å²) in [6.07, 6.45) is 4.06. The number of ketones is 1. The highest BCUT2D eigenvalue weighted by Gasteiger charge is 2.19. The summed E-state index contributed by atoms with van der Waals surface area (Å²) in [6, 6.07) is 0. The van der Waals surface area contributed by atoms with E-state index >= 15 is 0 Å². The number of hydrogen-bond acceptors (Lipinski definition) is 3. The molecule has 1 aromatic heterocycles. The van der Waals surface area contributed by atoms with Crippen molar-refractivity contribution in [2.24, 2.45) is 5.92 Å². The van der Waals surface area contributed by atoms with Crippen molar-refractivity contribution in [2.75, 3.05) is 13.1 Å². The number of Topliss-reactive ketones (excluding diaryl/α,β-unsaturated/α-hetero) is 1. The van der Waals surface area contributed by atoms with Crippen LogP contribution in [0.1, 0.15) is 44.5 Å². The Morgan fingerprint density at radius 1 is 1.50 bits per heavy atom. The minimum absolute atomic E-state index is 0.274. The SMILES string of the molecule is CCc1nn(CC)c(CC(=O)CCC2CCNC2)c1Cl. The molecule has 0 bridgehead atoms. The van der Waals surface area contributed by atoms with Crippen molar-refractivity contribution in [3.05, 3.63) is 16.4 Å². The van der Waals surface area contributed by atoms with Gasteiger partial charge in [0.15, 0.2) is 0 Å². The molecule has 1 N–H and O–H groups in total. The molecule has 0 aromatic carbocycles. The van der Waals surface area contributed by atoms with Crippen molar-refractivity contribution < 1.29 is 4.79 Å². The van der Waals surface area contributed by atoms with Crippen LogP contribution in [-0.4, -0.2) is 28.7 Å². The summed E-state index contributed by atoms with van der Waals surface area (Å²) in [4.78, 5) is 12.2. The fourth-order valence-electron chi connectivity index (χ4n) is 2.79. The zero-order valence-electron chi connectivity index (χ0n) is 12.4. The van der Waals surface area contributed by atoms with E-state index in [9.17, 15) is 4.79 Å². The first-order valence-electron chi connectivity index (χ1n) is 7.62. The first-order chi connectivity index (χ1) is 9.65. The molecule has 1 atom stereocenters. The lowest BCUT2D eigenvalue weighted by Crippen LogP contribution is -2.13. The lowest BCUT2D eigenvalue weighted by Gasteiger charge is -2.08. The zero-order chi connectivity index (χ0) is 14.5. The smallest absolute Gasteiger partial charge is 0.138 e. The summed E-state index contributed by atoms with van der Waals surface area (Å²) < 4.78 is 1.87. The van der Waals surface area contributed by atoms with Gasteiger partial charge in [0.25, 0.3) is 0 Å². The molecule has 1 aliphatic rings. The van der Waals surface area contributed by atoms with E-state index in [1.54, 1.807) is 0 Å². The van der Waals surface area contributed by atoms with Crippen LogP contribution in [0.2, 0.25) is 5.02 Å². The van der Waals surface area contributed by atoms with Crippen LogP contribution in [-0.2, 0) is 24.2 Å². The Labute approximate surface area is 125 Å². The first-order valence-corrected chi connectivity index (χ1v) is 7.99. The topological polar surface area (TPSA) is 46.9 Å². The van der Waals surface area contributed by atoms with Gasteiger partial charge in [-0.2, -0.15) is 5.10 Å². The van der Waals surface area contributed by atoms with Gasteiger partial charge in [0.2, 0.25) is 0 Å². The van der Waals surface area contributed by atoms with Crippen LogP contribution >= 0.6 is 11.6 Å². The van der Waals surface area contributed by atoms with Crippen LogP contribution in [0, 0.1) is 5.92 Å². The van der Waals surface area contributed by atoms with E-state index in [0.29, 0.717) is 23.8 Å². The number of aromatic nitrogens is 2. The van der Waals surface area contributed by atoms with Gasteiger partial charge in [0.1, 0.15) is 5.78 Å². The Bertz CT molecular complexity index is 464. The molecule has 112 valence electrons. The van der Waals surface area contributed by atoms with Gasteiger partial charge in [0, 0.05) is 19.4 Å². The molecule has 1 fully saturated rings. The summed E-state index contributed by atoms with van der Waals surface area (Å²) in [6.45, 7) is 6.97. The zero-order valence-corrected chi connectivity index (χ0v) is 13.2. The van der Waals surface area contributed by atoms with Gasteiger partial charge in [0.05, 0.1) is 16.4 Å². The lowest BCUT2D eigenvalue weighted by molar-refractivity contribution is -0.118. The molecule has 0 aliphatic carbocycles. The molecule has 20 heavy (non-hydrogen) atoms. The molecule has 1 unspecified atom stereocenters. The number of halogens is 1. The summed E-state index contributed by atoms with van der Waals surface area (Å²) in [7, 11) is 0. The van der Waals surface area contributed by atoms with Gasteiger partial charge in [-0.3, -0.25) is 9.48 Å². The highest BCUT2D eigenvalue weighted by molar-refractivity contribution is 6.32. The van der Waals surface area contributed by atoms with E-state index in [0.717, 1.165) is 43.9 Å². The fourth-order valence-corrected chi connectivity index (χ4v) is 3.12. The molecule has 1 aliphatic heterocycles. The van der Waals surface area contributed by atoms with Crippen LogP contribution in [0.15, 0.2) is 0 Å². The molecule has 1 saturated heterocycles. The van der Waals surface area contributed by atoms with Gasteiger partial charge < -0.3 is 5.32 Å². The van der Waals surface area contributed by atoms with E-state index in [1.165, 1.54) is 6.42 Å². The van der Waals surface area contributed by atoms with Crippen LogP contribution < -0.4 is 5.32 Å². The Kier molecular flexibility index (Phi) is 5.61. The van der Waals surface area contributed by atoms with E-state index in [4.69, 9.17) is 11.6 Å². The van der Waals surface area contributed by atoms with E-state index in [2.05, 4.69) is 10.4 Å². The second kappa shape index (κ2) is 7.23. The van der Waals surface area contributed by atoms with Crippen LogP contribution in [0.4, 0.5) is 0 Å².